The average Bonchev–Trinajstić information content (AvgIpc) is 3.12. The van der Waals surface area contributed by atoms with Crippen LogP contribution in [0.25, 0.3) is 0 Å². The van der Waals surface area contributed by atoms with Crippen molar-refractivity contribution in [2.75, 3.05) is 31.1 Å². The van der Waals surface area contributed by atoms with Gasteiger partial charge in [-0.1, -0.05) is 31.0 Å². The fraction of sp³-hybridized carbons (Fsp3) is 0.632. The third-order valence-electron chi connectivity index (χ3n) is 5.13. The van der Waals surface area contributed by atoms with E-state index in [-0.39, 0.29) is 24.5 Å². The summed E-state index contributed by atoms with van der Waals surface area (Å²) in [6, 6.07) is 6.69. The Morgan fingerprint density at radius 2 is 1.85 bits per heavy atom. The highest BCUT2D eigenvalue weighted by Gasteiger charge is 2.29. The van der Waals surface area contributed by atoms with Crippen LogP contribution in [0.4, 0.5) is 5.69 Å². The van der Waals surface area contributed by atoms with Crippen molar-refractivity contribution in [2.45, 2.75) is 52.6 Å². The molecule has 3 rings (SSSR count). The second kappa shape index (κ2) is 9.71. The molecular weight excluding hydrogens is 383 g/mol. The van der Waals surface area contributed by atoms with E-state index in [1.807, 2.05) is 10.7 Å². The Labute approximate surface area is 173 Å². The highest BCUT2D eigenvalue weighted by molar-refractivity contribution is 6.30. The molecule has 0 saturated carbocycles. The number of rotatable bonds is 6. The molecule has 1 atom stereocenters. The summed E-state index contributed by atoms with van der Waals surface area (Å²) in [6.45, 7) is 12.6. The van der Waals surface area contributed by atoms with Crippen molar-refractivity contribution in [1.82, 2.24) is 25.1 Å². The summed E-state index contributed by atoms with van der Waals surface area (Å²) in [5.74, 6) is 0.995. The Bertz CT molecular complexity index is 725. The highest BCUT2D eigenvalue weighted by atomic mass is 35.5. The number of benzene rings is 1. The van der Waals surface area contributed by atoms with Crippen molar-refractivity contribution < 1.29 is 0 Å². The fourth-order valence-electron chi connectivity index (χ4n) is 3.73. The highest BCUT2D eigenvalue weighted by Crippen LogP contribution is 2.29. The van der Waals surface area contributed by atoms with E-state index in [2.05, 4.69) is 65.2 Å². The van der Waals surface area contributed by atoms with Crippen molar-refractivity contribution in [3.63, 3.8) is 0 Å². The quantitative estimate of drug-likeness (QED) is 0.707. The van der Waals surface area contributed by atoms with Gasteiger partial charge in [0, 0.05) is 36.9 Å². The lowest BCUT2D eigenvalue weighted by Gasteiger charge is -2.40. The Balaban J connectivity index is 0.00000261. The largest absolute Gasteiger partial charge is 0.369 e. The minimum absolute atomic E-state index is 0. The molecule has 1 aliphatic heterocycles. The van der Waals surface area contributed by atoms with Crippen LogP contribution in [0.15, 0.2) is 18.2 Å². The van der Waals surface area contributed by atoms with Gasteiger partial charge in [0.15, 0.2) is 5.82 Å². The lowest BCUT2D eigenvalue weighted by atomic mass is 10.1. The number of anilines is 1. The first-order valence-electron chi connectivity index (χ1n) is 9.54. The molecule has 0 radical (unpaired) electrons. The van der Waals surface area contributed by atoms with Gasteiger partial charge in [-0.15, -0.1) is 17.5 Å². The maximum atomic E-state index is 6.21. The number of nitrogens with zero attached hydrogens (tertiary/aromatic N) is 6. The Kier molecular flexibility index (Phi) is 7.89. The van der Waals surface area contributed by atoms with Gasteiger partial charge >= 0.3 is 0 Å². The van der Waals surface area contributed by atoms with Gasteiger partial charge in [-0.3, -0.25) is 4.90 Å². The summed E-state index contributed by atoms with van der Waals surface area (Å²) in [5.41, 5.74) is 2.52. The van der Waals surface area contributed by atoms with E-state index in [1.165, 1.54) is 11.3 Å². The van der Waals surface area contributed by atoms with E-state index < -0.39 is 0 Å². The molecule has 27 heavy (non-hydrogen) atoms. The second-order valence-electron chi connectivity index (χ2n) is 7.33. The number of hydrogen-bond donors (Lipinski definition) is 0. The van der Waals surface area contributed by atoms with Gasteiger partial charge in [-0.25, -0.2) is 4.68 Å². The van der Waals surface area contributed by atoms with Crippen LogP contribution in [-0.2, 0) is 0 Å². The summed E-state index contributed by atoms with van der Waals surface area (Å²) in [6.07, 6.45) is 2.19. The van der Waals surface area contributed by atoms with E-state index in [0.717, 1.165) is 49.9 Å². The second-order valence-corrected chi connectivity index (χ2v) is 7.77. The molecule has 1 unspecified atom stereocenters. The fourth-order valence-corrected chi connectivity index (χ4v) is 3.90. The Hall–Kier alpha value is -1.37. The summed E-state index contributed by atoms with van der Waals surface area (Å²) in [5, 5.41) is 13.3. The van der Waals surface area contributed by atoms with Crippen molar-refractivity contribution in [3.8, 4) is 0 Å². The number of aryl methyl sites for hydroxylation is 1. The molecule has 0 amide bonds. The SMILES string of the molecule is CCCC(c1nnnn1C(C)C)N1CCN(c2cc(Cl)ccc2C)CC1.Cl. The molecule has 1 aromatic heterocycles. The maximum absolute atomic E-state index is 6.21. The topological polar surface area (TPSA) is 50.1 Å². The van der Waals surface area contributed by atoms with Crippen molar-refractivity contribution >= 4 is 29.7 Å². The zero-order valence-corrected chi connectivity index (χ0v) is 18.2. The number of tetrazole rings is 1. The molecule has 2 heterocycles. The van der Waals surface area contributed by atoms with E-state index in [9.17, 15) is 0 Å². The van der Waals surface area contributed by atoms with Crippen LogP contribution >= 0.6 is 24.0 Å². The predicted molar refractivity (Wildman–Crippen MR) is 113 cm³/mol. The van der Waals surface area contributed by atoms with Gasteiger partial charge in [0.25, 0.3) is 0 Å². The monoisotopic (exact) mass is 412 g/mol. The summed E-state index contributed by atoms with van der Waals surface area (Å²) in [7, 11) is 0. The first-order valence-corrected chi connectivity index (χ1v) is 9.92. The normalized spacial score (nSPS) is 16.4. The van der Waals surface area contributed by atoms with E-state index in [4.69, 9.17) is 11.6 Å². The Morgan fingerprint density at radius 3 is 2.48 bits per heavy atom. The van der Waals surface area contributed by atoms with Crippen LogP contribution in [0.5, 0.6) is 0 Å². The molecule has 8 heteroatoms. The van der Waals surface area contributed by atoms with Crippen LogP contribution in [0.2, 0.25) is 5.02 Å². The van der Waals surface area contributed by atoms with Crippen molar-refractivity contribution in [1.29, 1.82) is 0 Å². The zero-order valence-electron chi connectivity index (χ0n) is 16.6. The van der Waals surface area contributed by atoms with Crippen LogP contribution in [0.3, 0.4) is 0 Å². The van der Waals surface area contributed by atoms with E-state index in [1.54, 1.807) is 0 Å². The molecule has 6 nitrogen and oxygen atoms in total. The molecule has 1 fully saturated rings. The molecule has 1 aliphatic rings. The molecule has 2 aromatic rings. The average molecular weight is 413 g/mol. The molecule has 0 bridgehead atoms. The zero-order chi connectivity index (χ0) is 18.7. The summed E-state index contributed by atoms with van der Waals surface area (Å²) >= 11 is 6.21. The number of piperazine rings is 1. The van der Waals surface area contributed by atoms with Gasteiger partial charge in [0.1, 0.15) is 0 Å². The van der Waals surface area contributed by atoms with E-state index in [0.29, 0.717) is 0 Å². The minimum atomic E-state index is 0. The number of hydrogen-bond acceptors (Lipinski definition) is 5. The van der Waals surface area contributed by atoms with Crippen LogP contribution in [-0.4, -0.2) is 51.3 Å². The van der Waals surface area contributed by atoms with Crippen LogP contribution in [0.1, 0.15) is 57.1 Å². The van der Waals surface area contributed by atoms with Gasteiger partial charge in [0.05, 0.1) is 12.1 Å². The number of aromatic nitrogens is 4. The molecule has 0 N–H and O–H groups in total. The van der Waals surface area contributed by atoms with Gasteiger partial charge in [-0.2, -0.15) is 0 Å². The lowest BCUT2D eigenvalue weighted by molar-refractivity contribution is 0.162. The summed E-state index contributed by atoms with van der Waals surface area (Å²) in [4.78, 5) is 4.97. The minimum Gasteiger partial charge on any atom is -0.369 e. The van der Waals surface area contributed by atoms with E-state index >= 15 is 0 Å². The molecule has 1 saturated heterocycles. The van der Waals surface area contributed by atoms with Gasteiger partial charge < -0.3 is 4.90 Å². The van der Waals surface area contributed by atoms with Crippen molar-refractivity contribution in [3.05, 3.63) is 34.6 Å². The number of halogens is 2. The third kappa shape index (κ3) is 4.92. The van der Waals surface area contributed by atoms with Gasteiger partial charge in [0.2, 0.25) is 0 Å². The van der Waals surface area contributed by atoms with Crippen LogP contribution in [0, 0.1) is 6.92 Å². The standard InChI is InChI=1S/C19H29ClN6.ClH/c1-5-6-17(19-21-22-23-26(19)14(2)3)24-9-11-25(12-10-24)18-13-16(20)8-7-15(18)4;/h7-8,13-14,17H,5-6,9-12H2,1-4H3;1H. The third-order valence-corrected chi connectivity index (χ3v) is 5.37. The Morgan fingerprint density at radius 1 is 1.15 bits per heavy atom. The molecule has 0 spiro atoms. The molecule has 150 valence electrons. The molecule has 1 aromatic carbocycles. The summed E-state index contributed by atoms with van der Waals surface area (Å²) < 4.78 is 1.97. The molecule has 0 aliphatic carbocycles. The lowest BCUT2D eigenvalue weighted by Crippen LogP contribution is -2.48. The maximum Gasteiger partial charge on any atom is 0.168 e. The van der Waals surface area contributed by atoms with Crippen LogP contribution < -0.4 is 4.90 Å². The van der Waals surface area contributed by atoms with Crippen molar-refractivity contribution in [2.24, 2.45) is 0 Å². The van der Waals surface area contributed by atoms with Gasteiger partial charge in [-0.05, 0) is 55.3 Å². The molecular formula is C19H30Cl2N6. The smallest absolute Gasteiger partial charge is 0.168 e. The first kappa shape index (κ1) is 21.9. The first-order chi connectivity index (χ1) is 12.5. The predicted octanol–water partition coefficient (Wildman–Crippen LogP) is 4.30.